The van der Waals surface area contributed by atoms with Crippen LogP contribution in [-0.4, -0.2) is 29.1 Å². The third kappa shape index (κ3) is 3.64. The Kier molecular flexibility index (Phi) is 5.11. The van der Waals surface area contributed by atoms with Crippen molar-refractivity contribution in [1.29, 1.82) is 0 Å². The minimum absolute atomic E-state index is 0.234. The lowest BCUT2D eigenvalue weighted by Gasteiger charge is -2.37. The van der Waals surface area contributed by atoms with Crippen LogP contribution in [0.2, 0.25) is 0 Å². The number of nitrogens with zero attached hydrogens (tertiary/aromatic N) is 1. The van der Waals surface area contributed by atoms with E-state index >= 15 is 0 Å². The number of hydrogen-bond acceptors (Lipinski definition) is 4. The molecule has 0 saturated heterocycles. The van der Waals surface area contributed by atoms with Crippen LogP contribution in [0.25, 0.3) is 0 Å². The number of anilines is 1. The fourth-order valence-electron chi connectivity index (χ4n) is 2.81. The van der Waals surface area contributed by atoms with Crippen LogP contribution in [-0.2, 0) is 4.79 Å². The van der Waals surface area contributed by atoms with Gasteiger partial charge in [0.2, 0.25) is 0 Å². The Balaban J connectivity index is 1.71. The molecule has 2 N–H and O–H groups in total. The number of ether oxygens (including phenoxy) is 1. The van der Waals surface area contributed by atoms with Gasteiger partial charge in [-0.3, -0.25) is 15.0 Å². The van der Waals surface area contributed by atoms with Crippen molar-refractivity contribution >= 4 is 17.5 Å². The Labute approximate surface area is 153 Å². The predicted molar refractivity (Wildman–Crippen MR) is 99.7 cm³/mol. The van der Waals surface area contributed by atoms with E-state index in [9.17, 15) is 9.59 Å². The number of nitrogens with one attached hydrogen (secondary N) is 2. The summed E-state index contributed by atoms with van der Waals surface area (Å²) in [5.74, 6) is -0.000579. The summed E-state index contributed by atoms with van der Waals surface area (Å²) in [5, 5.41) is 4.62. The molecule has 0 bridgehead atoms. The first-order valence-corrected chi connectivity index (χ1v) is 8.72. The zero-order valence-electron chi connectivity index (χ0n) is 15.2. The maximum absolute atomic E-state index is 12.8. The van der Waals surface area contributed by atoms with Crippen molar-refractivity contribution < 1.29 is 14.3 Å². The highest BCUT2D eigenvalue weighted by Gasteiger charge is 2.33. The lowest BCUT2D eigenvalue weighted by atomic mass is 10.1. The minimum atomic E-state index is -0.736. The third-order valence-corrected chi connectivity index (χ3v) is 4.33. The van der Waals surface area contributed by atoms with Gasteiger partial charge >= 0.3 is 0 Å². The van der Waals surface area contributed by atoms with Gasteiger partial charge < -0.3 is 10.1 Å². The number of aryl methyl sites for hydroxylation is 1. The first-order chi connectivity index (χ1) is 12.5. The summed E-state index contributed by atoms with van der Waals surface area (Å²) in [6, 6.07) is 14.7. The second kappa shape index (κ2) is 7.47. The van der Waals surface area contributed by atoms with E-state index in [4.69, 9.17) is 4.74 Å². The zero-order chi connectivity index (χ0) is 18.7. The average molecular weight is 353 g/mol. The molecule has 0 aromatic heterocycles. The van der Waals surface area contributed by atoms with Crippen LogP contribution in [0, 0.1) is 6.92 Å². The van der Waals surface area contributed by atoms with Crippen LogP contribution in [0.3, 0.4) is 0 Å². The second-order valence-electron chi connectivity index (χ2n) is 6.34. The van der Waals surface area contributed by atoms with Crippen molar-refractivity contribution in [1.82, 2.24) is 10.4 Å². The van der Waals surface area contributed by atoms with E-state index in [1.54, 1.807) is 19.1 Å². The van der Waals surface area contributed by atoms with Crippen molar-refractivity contribution in [3.63, 3.8) is 0 Å². The molecule has 0 saturated carbocycles. The molecule has 3 rings (SSSR count). The van der Waals surface area contributed by atoms with Gasteiger partial charge in [0, 0.05) is 5.69 Å². The molecule has 0 spiro atoms. The van der Waals surface area contributed by atoms with Gasteiger partial charge in [-0.25, -0.2) is 5.01 Å². The molecule has 2 atom stereocenters. The normalized spacial score (nSPS) is 17.1. The molecule has 6 heteroatoms. The van der Waals surface area contributed by atoms with Gasteiger partial charge in [-0.15, -0.1) is 0 Å². The number of hydrazine groups is 1. The number of hydrogen-bond donors (Lipinski definition) is 2. The molecule has 0 fully saturated rings. The number of benzene rings is 2. The summed E-state index contributed by atoms with van der Waals surface area (Å²) in [4.78, 5) is 25.3. The number of para-hydroxylation sites is 1. The molecule has 1 heterocycles. The highest BCUT2D eigenvalue weighted by molar-refractivity contribution is 6.02. The maximum atomic E-state index is 12.8. The Morgan fingerprint density at radius 2 is 1.92 bits per heavy atom. The summed E-state index contributed by atoms with van der Waals surface area (Å²) in [5.41, 5.74) is 5.12. The molecule has 2 unspecified atom stereocenters. The van der Waals surface area contributed by atoms with Crippen LogP contribution in [0.15, 0.2) is 48.5 Å². The van der Waals surface area contributed by atoms with Gasteiger partial charge in [0.25, 0.3) is 11.8 Å². The fraction of sp³-hybridized carbons (Fsp3) is 0.300. The lowest BCUT2D eigenvalue weighted by Crippen LogP contribution is -2.59. The topological polar surface area (TPSA) is 70.7 Å². The van der Waals surface area contributed by atoms with Crippen LogP contribution < -0.4 is 15.5 Å². The average Bonchev–Trinajstić information content (AvgIpc) is 2.65. The summed E-state index contributed by atoms with van der Waals surface area (Å²) in [7, 11) is 0. The number of carbonyl (C=O) groups is 2. The van der Waals surface area contributed by atoms with E-state index in [-0.39, 0.29) is 18.0 Å². The summed E-state index contributed by atoms with van der Waals surface area (Å²) >= 11 is 0. The monoisotopic (exact) mass is 353 g/mol. The van der Waals surface area contributed by atoms with Gasteiger partial charge in [-0.1, -0.05) is 36.8 Å². The van der Waals surface area contributed by atoms with Crippen molar-refractivity contribution in [2.45, 2.75) is 39.5 Å². The Hall–Kier alpha value is -3.02. The van der Waals surface area contributed by atoms with Crippen molar-refractivity contribution in [3.8, 4) is 5.75 Å². The smallest absolute Gasteiger partial charge is 0.279 e. The van der Waals surface area contributed by atoms with Gasteiger partial charge in [-0.05, 0) is 44.5 Å². The van der Waals surface area contributed by atoms with Crippen molar-refractivity contribution in [3.05, 3.63) is 59.7 Å². The van der Waals surface area contributed by atoms with E-state index in [1.165, 1.54) is 5.01 Å². The number of rotatable bonds is 5. The lowest BCUT2D eigenvalue weighted by molar-refractivity contribution is -0.132. The molecule has 26 heavy (non-hydrogen) atoms. The summed E-state index contributed by atoms with van der Waals surface area (Å²) < 4.78 is 5.68. The highest BCUT2D eigenvalue weighted by atomic mass is 16.5. The molecule has 2 amide bonds. The van der Waals surface area contributed by atoms with E-state index in [1.807, 2.05) is 50.2 Å². The van der Waals surface area contributed by atoms with Gasteiger partial charge in [-0.2, -0.15) is 0 Å². The standard InChI is InChI=1S/C20H23N3O3/c1-4-18-21-17-8-6-5-7-16(17)20(25)23(18)22-19(24)14(3)26-15-11-9-13(2)10-12-15/h5-12,14,18,21H,4H2,1-3H3,(H,22,24). The van der Waals surface area contributed by atoms with Crippen LogP contribution in [0.1, 0.15) is 36.2 Å². The van der Waals surface area contributed by atoms with Gasteiger partial charge in [0.15, 0.2) is 6.10 Å². The van der Waals surface area contributed by atoms with Gasteiger partial charge in [0.05, 0.1) is 5.56 Å². The Morgan fingerprint density at radius 1 is 1.23 bits per heavy atom. The molecule has 2 aromatic rings. The second-order valence-corrected chi connectivity index (χ2v) is 6.34. The molecule has 2 aromatic carbocycles. The van der Waals surface area contributed by atoms with Crippen molar-refractivity contribution in [2.24, 2.45) is 0 Å². The van der Waals surface area contributed by atoms with Crippen LogP contribution >= 0.6 is 0 Å². The van der Waals surface area contributed by atoms with Gasteiger partial charge in [0.1, 0.15) is 11.9 Å². The Morgan fingerprint density at radius 3 is 2.62 bits per heavy atom. The molecular weight excluding hydrogens is 330 g/mol. The number of fused-ring (bicyclic) bond motifs is 1. The van der Waals surface area contributed by atoms with Crippen LogP contribution in [0.4, 0.5) is 5.69 Å². The molecule has 6 nitrogen and oxygen atoms in total. The molecule has 0 aliphatic carbocycles. The molecule has 0 radical (unpaired) electrons. The largest absolute Gasteiger partial charge is 0.481 e. The quantitative estimate of drug-likeness (QED) is 0.866. The molecular formula is C20H23N3O3. The van der Waals surface area contributed by atoms with E-state index < -0.39 is 6.10 Å². The molecule has 1 aliphatic heterocycles. The molecule has 1 aliphatic rings. The highest BCUT2D eigenvalue weighted by Crippen LogP contribution is 2.25. The SMILES string of the molecule is CCC1Nc2ccccc2C(=O)N1NC(=O)C(C)Oc1ccc(C)cc1. The first kappa shape index (κ1) is 17.8. The molecule has 136 valence electrons. The maximum Gasteiger partial charge on any atom is 0.279 e. The number of amides is 2. The minimum Gasteiger partial charge on any atom is -0.481 e. The summed E-state index contributed by atoms with van der Waals surface area (Å²) in [6.45, 7) is 5.59. The van der Waals surface area contributed by atoms with E-state index in [0.29, 0.717) is 17.7 Å². The number of carbonyl (C=O) groups excluding carboxylic acids is 2. The zero-order valence-corrected chi connectivity index (χ0v) is 15.2. The Bertz CT molecular complexity index is 804. The summed E-state index contributed by atoms with van der Waals surface area (Å²) in [6.07, 6.45) is -0.402. The first-order valence-electron chi connectivity index (χ1n) is 8.72. The van der Waals surface area contributed by atoms with Crippen molar-refractivity contribution in [2.75, 3.05) is 5.32 Å². The van der Waals surface area contributed by atoms with E-state index in [2.05, 4.69) is 10.7 Å². The fourth-order valence-corrected chi connectivity index (χ4v) is 2.81. The predicted octanol–water partition coefficient (Wildman–Crippen LogP) is 3.10. The van der Waals surface area contributed by atoms with Crippen LogP contribution in [0.5, 0.6) is 5.75 Å². The van der Waals surface area contributed by atoms with E-state index in [0.717, 1.165) is 11.3 Å². The third-order valence-electron chi connectivity index (χ3n) is 4.33.